The molecular weight excluding hydrogens is 264 g/mol. The molecule has 0 N–H and O–H groups in total. The molecule has 0 spiro atoms. The van der Waals surface area contributed by atoms with Crippen molar-refractivity contribution >= 4 is 17.2 Å². The van der Waals surface area contributed by atoms with Gasteiger partial charge in [0.05, 0.1) is 18.8 Å². The van der Waals surface area contributed by atoms with Crippen molar-refractivity contribution in [1.29, 1.82) is 0 Å². The van der Waals surface area contributed by atoms with Gasteiger partial charge in [-0.2, -0.15) is 0 Å². The van der Waals surface area contributed by atoms with Gasteiger partial charge in [0.25, 0.3) is 5.91 Å². The number of amides is 1. The second-order valence-corrected chi connectivity index (χ2v) is 6.09. The summed E-state index contributed by atoms with van der Waals surface area (Å²) < 4.78 is 10.6. The molecule has 19 heavy (non-hydrogen) atoms. The first-order valence-corrected chi connectivity index (χ1v) is 7.46. The first-order chi connectivity index (χ1) is 9.28. The number of hydrogen-bond acceptors (Lipinski definition) is 5. The normalized spacial score (nSPS) is 22.6. The summed E-state index contributed by atoms with van der Waals surface area (Å²) >= 11 is 1.65. The molecule has 0 aliphatic carbocycles. The molecule has 1 atom stereocenters. The minimum atomic E-state index is -0.215. The lowest BCUT2D eigenvalue weighted by atomic mass is 10.1. The SMILES string of the molecule is COCc1nc2c(s1)CN(C(=O)[C@@H]1CCCO1)CC2. The largest absolute Gasteiger partial charge is 0.378 e. The Balaban J connectivity index is 1.69. The third-order valence-corrected chi connectivity index (χ3v) is 4.62. The third-order valence-electron chi connectivity index (χ3n) is 3.56. The number of fused-ring (bicyclic) bond motifs is 1. The van der Waals surface area contributed by atoms with Gasteiger partial charge in [0, 0.05) is 31.6 Å². The first-order valence-electron chi connectivity index (χ1n) is 6.64. The molecule has 104 valence electrons. The predicted octanol–water partition coefficient (Wildman–Crippen LogP) is 1.35. The van der Waals surface area contributed by atoms with Crippen molar-refractivity contribution in [2.24, 2.45) is 0 Å². The number of aromatic nitrogens is 1. The van der Waals surface area contributed by atoms with Crippen LogP contribution in [0.15, 0.2) is 0 Å². The van der Waals surface area contributed by atoms with Crippen molar-refractivity contribution in [3.8, 4) is 0 Å². The highest BCUT2D eigenvalue weighted by atomic mass is 32.1. The highest BCUT2D eigenvalue weighted by molar-refractivity contribution is 7.11. The van der Waals surface area contributed by atoms with Crippen LogP contribution in [0.25, 0.3) is 0 Å². The molecule has 1 fully saturated rings. The van der Waals surface area contributed by atoms with Crippen LogP contribution >= 0.6 is 11.3 Å². The highest BCUT2D eigenvalue weighted by Crippen LogP contribution is 2.27. The van der Waals surface area contributed by atoms with Crippen LogP contribution in [-0.4, -0.2) is 42.2 Å². The maximum absolute atomic E-state index is 12.3. The molecule has 3 heterocycles. The van der Waals surface area contributed by atoms with Crippen LogP contribution in [-0.2, 0) is 33.8 Å². The zero-order valence-corrected chi connectivity index (χ0v) is 11.9. The van der Waals surface area contributed by atoms with Crippen LogP contribution in [0.5, 0.6) is 0 Å². The summed E-state index contributed by atoms with van der Waals surface area (Å²) in [4.78, 5) is 20.0. The molecule has 0 aromatic carbocycles. The van der Waals surface area contributed by atoms with E-state index in [0.717, 1.165) is 36.5 Å². The first kappa shape index (κ1) is 13.0. The molecule has 0 radical (unpaired) electrons. The molecule has 1 amide bonds. The van der Waals surface area contributed by atoms with E-state index in [1.807, 2.05) is 4.90 Å². The van der Waals surface area contributed by atoms with Crippen molar-refractivity contribution < 1.29 is 14.3 Å². The molecule has 0 saturated carbocycles. The number of ether oxygens (including phenoxy) is 2. The van der Waals surface area contributed by atoms with E-state index in [4.69, 9.17) is 9.47 Å². The summed E-state index contributed by atoms with van der Waals surface area (Å²) in [5.74, 6) is 0.143. The van der Waals surface area contributed by atoms with Crippen LogP contribution < -0.4 is 0 Å². The minimum Gasteiger partial charge on any atom is -0.378 e. The standard InChI is InChI=1S/C13H18N2O3S/c1-17-8-12-14-9-4-5-15(7-11(9)19-12)13(16)10-3-2-6-18-10/h10H,2-8H2,1H3/t10-/m0/s1. The van der Waals surface area contributed by atoms with Crippen molar-refractivity contribution in [2.75, 3.05) is 20.3 Å². The van der Waals surface area contributed by atoms with Crippen LogP contribution in [0, 0.1) is 0 Å². The Morgan fingerprint density at radius 3 is 3.26 bits per heavy atom. The number of thiazole rings is 1. The highest BCUT2D eigenvalue weighted by Gasteiger charge is 2.31. The summed E-state index contributed by atoms with van der Waals surface area (Å²) in [6.07, 6.45) is 2.48. The molecule has 2 aliphatic rings. The van der Waals surface area contributed by atoms with E-state index in [-0.39, 0.29) is 12.0 Å². The van der Waals surface area contributed by atoms with Crippen LogP contribution in [0.2, 0.25) is 0 Å². The smallest absolute Gasteiger partial charge is 0.252 e. The zero-order chi connectivity index (χ0) is 13.2. The fourth-order valence-electron chi connectivity index (χ4n) is 2.60. The quantitative estimate of drug-likeness (QED) is 0.840. The van der Waals surface area contributed by atoms with E-state index < -0.39 is 0 Å². The molecule has 1 aromatic heterocycles. The van der Waals surface area contributed by atoms with Gasteiger partial charge >= 0.3 is 0 Å². The fourth-order valence-corrected chi connectivity index (χ4v) is 3.70. The van der Waals surface area contributed by atoms with Gasteiger partial charge < -0.3 is 14.4 Å². The monoisotopic (exact) mass is 282 g/mol. The lowest BCUT2D eigenvalue weighted by molar-refractivity contribution is -0.141. The van der Waals surface area contributed by atoms with E-state index in [1.165, 1.54) is 4.88 Å². The van der Waals surface area contributed by atoms with Gasteiger partial charge in [0.2, 0.25) is 0 Å². The second kappa shape index (κ2) is 5.56. The number of carbonyl (C=O) groups is 1. The van der Waals surface area contributed by atoms with Gasteiger partial charge in [-0.3, -0.25) is 4.79 Å². The predicted molar refractivity (Wildman–Crippen MR) is 70.9 cm³/mol. The Hall–Kier alpha value is -0.980. The average molecular weight is 282 g/mol. The molecule has 0 bridgehead atoms. The van der Waals surface area contributed by atoms with E-state index in [1.54, 1.807) is 18.4 Å². The molecule has 5 nitrogen and oxygen atoms in total. The van der Waals surface area contributed by atoms with Gasteiger partial charge in [0.15, 0.2) is 0 Å². The van der Waals surface area contributed by atoms with Gasteiger partial charge in [-0.15, -0.1) is 11.3 Å². The van der Waals surface area contributed by atoms with Crippen LogP contribution in [0.1, 0.15) is 28.4 Å². The number of carbonyl (C=O) groups excluding carboxylic acids is 1. The molecule has 1 aromatic rings. The molecule has 3 rings (SSSR count). The average Bonchev–Trinajstić information content (AvgIpc) is 3.06. The molecule has 0 unspecified atom stereocenters. The van der Waals surface area contributed by atoms with Gasteiger partial charge in [-0.05, 0) is 12.8 Å². The second-order valence-electron chi connectivity index (χ2n) is 4.92. The van der Waals surface area contributed by atoms with Gasteiger partial charge in [-0.1, -0.05) is 0 Å². The minimum absolute atomic E-state index is 0.143. The number of hydrogen-bond donors (Lipinski definition) is 0. The number of nitrogens with zero attached hydrogens (tertiary/aromatic N) is 2. The summed E-state index contributed by atoms with van der Waals surface area (Å²) in [7, 11) is 1.67. The van der Waals surface area contributed by atoms with Gasteiger partial charge in [-0.25, -0.2) is 4.98 Å². The van der Waals surface area contributed by atoms with Crippen molar-refractivity contribution in [2.45, 2.75) is 38.5 Å². The van der Waals surface area contributed by atoms with Crippen LogP contribution in [0.3, 0.4) is 0 Å². The van der Waals surface area contributed by atoms with Crippen molar-refractivity contribution in [3.05, 3.63) is 15.6 Å². The maximum atomic E-state index is 12.3. The summed E-state index contributed by atoms with van der Waals surface area (Å²) in [6, 6.07) is 0. The van der Waals surface area contributed by atoms with E-state index in [9.17, 15) is 4.79 Å². The Labute approximate surface area is 116 Å². The summed E-state index contributed by atoms with van der Waals surface area (Å²) in [6.45, 7) is 2.70. The zero-order valence-electron chi connectivity index (χ0n) is 11.1. The fraction of sp³-hybridized carbons (Fsp3) is 0.692. The lowest BCUT2D eigenvalue weighted by Crippen LogP contribution is -2.41. The van der Waals surface area contributed by atoms with Crippen molar-refractivity contribution in [1.82, 2.24) is 9.88 Å². The molecule has 2 aliphatic heterocycles. The maximum Gasteiger partial charge on any atom is 0.252 e. The topological polar surface area (TPSA) is 51.7 Å². The number of rotatable bonds is 3. The number of methoxy groups -OCH3 is 1. The third kappa shape index (κ3) is 2.66. The Bertz CT molecular complexity index is 468. The van der Waals surface area contributed by atoms with E-state index >= 15 is 0 Å². The van der Waals surface area contributed by atoms with Gasteiger partial charge in [0.1, 0.15) is 11.1 Å². The van der Waals surface area contributed by atoms with Crippen LogP contribution in [0.4, 0.5) is 0 Å². The molecular formula is C13H18N2O3S. The Kier molecular flexibility index (Phi) is 3.81. The summed E-state index contributed by atoms with van der Waals surface area (Å²) in [5, 5.41) is 0.999. The molecule has 1 saturated heterocycles. The van der Waals surface area contributed by atoms with E-state index in [2.05, 4.69) is 4.98 Å². The molecule has 6 heteroatoms. The summed E-state index contributed by atoms with van der Waals surface area (Å²) in [5.41, 5.74) is 1.13. The van der Waals surface area contributed by atoms with E-state index in [0.29, 0.717) is 19.8 Å². The lowest BCUT2D eigenvalue weighted by Gasteiger charge is -2.28. The van der Waals surface area contributed by atoms with Crippen molar-refractivity contribution in [3.63, 3.8) is 0 Å². The Morgan fingerprint density at radius 2 is 2.53 bits per heavy atom. The Morgan fingerprint density at radius 1 is 1.63 bits per heavy atom.